The van der Waals surface area contributed by atoms with Crippen molar-refractivity contribution >= 4 is 12.3 Å². The molecule has 0 N–H and O–H groups in total. The fourth-order valence-electron chi connectivity index (χ4n) is 1.60. The van der Waals surface area contributed by atoms with Gasteiger partial charge in [0.25, 0.3) is 0 Å². The summed E-state index contributed by atoms with van der Waals surface area (Å²) in [5.41, 5.74) is 0.484. The molecule has 4 heteroatoms. The number of esters is 1. The third-order valence-electron chi connectivity index (χ3n) is 2.41. The molecule has 1 saturated heterocycles. The Morgan fingerprint density at radius 2 is 2.38 bits per heavy atom. The lowest BCUT2D eigenvalue weighted by atomic mass is 10.2. The van der Waals surface area contributed by atoms with Crippen molar-refractivity contribution in [1.82, 2.24) is 0 Å². The predicted octanol–water partition coefficient (Wildman–Crippen LogP) is 1.58. The second kappa shape index (κ2) is 4.90. The van der Waals surface area contributed by atoms with Crippen LogP contribution in [0.15, 0.2) is 24.3 Å². The second-order valence-electron chi connectivity index (χ2n) is 3.61. The Hall–Kier alpha value is -1.68. The molecule has 0 amide bonds. The lowest BCUT2D eigenvalue weighted by Crippen LogP contribution is -2.24. The summed E-state index contributed by atoms with van der Waals surface area (Å²) < 4.78 is 10.3. The second-order valence-corrected chi connectivity index (χ2v) is 3.61. The van der Waals surface area contributed by atoms with Crippen LogP contribution < -0.4 is 4.74 Å². The summed E-state index contributed by atoms with van der Waals surface area (Å²) in [7, 11) is 0. The first-order valence-electron chi connectivity index (χ1n) is 5.18. The van der Waals surface area contributed by atoms with Crippen molar-refractivity contribution in [2.24, 2.45) is 0 Å². The molecule has 1 aromatic carbocycles. The Kier molecular flexibility index (Phi) is 3.31. The molecule has 0 aromatic heterocycles. The van der Waals surface area contributed by atoms with Gasteiger partial charge in [-0.25, -0.2) is 4.79 Å². The van der Waals surface area contributed by atoms with E-state index >= 15 is 0 Å². The van der Waals surface area contributed by atoms with Gasteiger partial charge >= 0.3 is 5.97 Å². The van der Waals surface area contributed by atoms with E-state index in [9.17, 15) is 9.59 Å². The summed E-state index contributed by atoms with van der Waals surface area (Å²) in [5.74, 6) is -0.00866. The number of hydrogen-bond acceptors (Lipinski definition) is 4. The van der Waals surface area contributed by atoms with Gasteiger partial charge in [-0.3, -0.25) is 4.79 Å². The molecule has 2 rings (SSSR count). The summed E-state index contributed by atoms with van der Waals surface area (Å²) in [6.07, 6.45) is 1.84. The minimum absolute atomic E-state index is 0.380. The summed E-state index contributed by atoms with van der Waals surface area (Å²) in [5, 5.41) is 0. The number of carbonyl (C=O) groups excluding carboxylic acids is 2. The van der Waals surface area contributed by atoms with Crippen molar-refractivity contribution in [1.29, 1.82) is 0 Å². The largest absolute Gasteiger partial charge is 0.425 e. The first-order valence-corrected chi connectivity index (χ1v) is 5.18. The van der Waals surface area contributed by atoms with Crippen molar-refractivity contribution in [3.8, 4) is 5.75 Å². The van der Waals surface area contributed by atoms with Crippen LogP contribution in [0, 0.1) is 0 Å². The average Bonchev–Trinajstić information content (AvgIpc) is 2.83. The zero-order chi connectivity index (χ0) is 11.4. The average molecular weight is 220 g/mol. The maximum absolute atomic E-state index is 11.6. The quantitative estimate of drug-likeness (QED) is 0.441. The van der Waals surface area contributed by atoms with Crippen LogP contribution in [0.3, 0.4) is 0 Å². The van der Waals surface area contributed by atoms with Crippen LogP contribution in [0.4, 0.5) is 0 Å². The Labute approximate surface area is 93.2 Å². The fourth-order valence-corrected chi connectivity index (χ4v) is 1.60. The fraction of sp³-hybridized carbons (Fsp3) is 0.333. The van der Waals surface area contributed by atoms with Crippen molar-refractivity contribution in [3.05, 3.63) is 29.8 Å². The van der Waals surface area contributed by atoms with Crippen molar-refractivity contribution in [3.63, 3.8) is 0 Å². The van der Waals surface area contributed by atoms with E-state index in [1.165, 1.54) is 6.07 Å². The molecule has 84 valence electrons. The zero-order valence-electron chi connectivity index (χ0n) is 8.72. The lowest BCUT2D eigenvalue weighted by molar-refractivity contribution is -0.144. The maximum atomic E-state index is 11.6. The highest BCUT2D eigenvalue weighted by atomic mass is 16.6. The van der Waals surface area contributed by atoms with Crippen LogP contribution in [0.2, 0.25) is 0 Å². The molecule has 1 heterocycles. The minimum atomic E-state index is -0.458. The van der Waals surface area contributed by atoms with Gasteiger partial charge in [-0.05, 0) is 25.0 Å². The topological polar surface area (TPSA) is 52.6 Å². The molecule has 0 radical (unpaired) electrons. The SMILES string of the molecule is O=Cc1cccc(OC(=O)C2CCCO2)c1. The summed E-state index contributed by atoms with van der Waals surface area (Å²) in [6, 6.07) is 6.48. The number of rotatable bonds is 3. The standard InChI is InChI=1S/C12H12O4/c13-8-9-3-1-4-10(7-9)16-12(14)11-5-2-6-15-11/h1,3-4,7-8,11H,2,5-6H2. The van der Waals surface area contributed by atoms with E-state index in [2.05, 4.69) is 0 Å². The molecule has 0 spiro atoms. The van der Waals surface area contributed by atoms with E-state index in [0.717, 1.165) is 6.42 Å². The van der Waals surface area contributed by atoms with E-state index in [1.54, 1.807) is 18.2 Å². The van der Waals surface area contributed by atoms with Gasteiger partial charge in [0.15, 0.2) is 6.10 Å². The van der Waals surface area contributed by atoms with E-state index < -0.39 is 6.10 Å². The Bertz CT molecular complexity index is 394. The third kappa shape index (κ3) is 2.46. The van der Waals surface area contributed by atoms with Gasteiger partial charge in [-0.2, -0.15) is 0 Å². The number of carbonyl (C=O) groups is 2. The zero-order valence-corrected chi connectivity index (χ0v) is 8.72. The van der Waals surface area contributed by atoms with Gasteiger partial charge in [-0.1, -0.05) is 12.1 Å². The lowest BCUT2D eigenvalue weighted by Gasteiger charge is -2.09. The molecule has 1 aliphatic heterocycles. The number of benzene rings is 1. The molecular weight excluding hydrogens is 208 g/mol. The molecular formula is C12H12O4. The van der Waals surface area contributed by atoms with Gasteiger partial charge in [0.05, 0.1) is 0 Å². The van der Waals surface area contributed by atoms with E-state index in [4.69, 9.17) is 9.47 Å². The monoisotopic (exact) mass is 220 g/mol. The van der Waals surface area contributed by atoms with Gasteiger partial charge in [-0.15, -0.1) is 0 Å². The van der Waals surface area contributed by atoms with Crippen molar-refractivity contribution in [2.45, 2.75) is 18.9 Å². The number of hydrogen-bond donors (Lipinski definition) is 0. The maximum Gasteiger partial charge on any atom is 0.340 e. The normalized spacial score (nSPS) is 19.4. The van der Waals surface area contributed by atoms with Gasteiger partial charge < -0.3 is 9.47 Å². The molecule has 1 aromatic rings. The molecule has 4 nitrogen and oxygen atoms in total. The Balaban J connectivity index is 2.02. The molecule has 0 aliphatic carbocycles. The Morgan fingerprint density at radius 3 is 3.06 bits per heavy atom. The predicted molar refractivity (Wildman–Crippen MR) is 56.4 cm³/mol. The molecule has 16 heavy (non-hydrogen) atoms. The third-order valence-corrected chi connectivity index (χ3v) is 2.41. The van der Waals surface area contributed by atoms with Crippen LogP contribution >= 0.6 is 0 Å². The van der Waals surface area contributed by atoms with Gasteiger partial charge in [0.1, 0.15) is 12.0 Å². The molecule has 1 fully saturated rings. The van der Waals surface area contributed by atoms with E-state index in [0.29, 0.717) is 30.6 Å². The smallest absolute Gasteiger partial charge is 0.340 e. The highest BCUT2D eigenvalue weighted by Crippen LogP contribution is 2.17. The molecule has 1 atom stereocenters. The highest BCUT2D eigenvalue weighted by Gasteiger charge is 2.25. The Morgan fingerprint density at radius 1 is 1.50 bits per heavy atom. The van der Waals surface area contributed by atoms with Gasteiger partial charge in [0, 0.05) is 12.2 Å². The first-order chi connectivity index (χ1) is 7.79. The van der Waals surface area contributed by atoms with E-state index in [-0.39, 0.29) is 5.97 Å². The summed E-state index contributed by atoms with van der Waals surface area (Å²) in [6.45, 7) is 0.605. The molecule has 1 aliphatic rings. The summed E-state index contributed by atoms with van der Waals surface area (Å²) in [4.78, 5) is 22.1. The van der Waals surface area contributed by atoms with Crippen molar-refractivity contribution < 1.29 is 19.1 Å². The van der Waals surface area contributed by atoms with Crippen molar-refractivity contribution in [2.75, 3.05) is 6.61 Å². The minimum Gasteiger partial charge on any atom is -0.425 e. The van der Waals surface area contributed by atoms with Crippen LogP contribution in [-0.2, 0) is 9.53 Å². The number of ether oxygens (including phenoxy) is 2. The van der Waals surface area contributed by atoms with Crippen LogP contribution in [-0.4, -0.2) is 25.0 Å². The van der Waals surface area contributed by atoms with E-state index in [1.807, 2.05) is 0 Å². The molecule has 0 saturated carbocycles. The van der Waals surface area contributed by atoms with Gasteiger partial charge in [0.2, 0.25) is 0 Å². The van der Waals surface area contributed by atoms with Crippen LogP contribution in [0.5, 0.6) is 5.75 Å². The number of aldehydes is 1. The first kappa shape index (κ1) is 10.8. The summed E-state index contributed by atoms with van der Waals surface area (Å²) >= 11 is 0. The highest BCUT2D eigenvalue weighted by molar-refractivity contribution is 5.79. The van der Waals surface area contributed by atoms with Crippen LogP contribution in [0.1, 0.15) is 23.2 Å². The van der Waals surface area contributed by atoms with Crippen LogP contribution in [0.25, 0.3) is 0 Å². The molecule has 0 bridgehead atoms. The molecule has 1 unspecified atom stereocenters.